The summed E-state index contributed by atoms with van der Waals surface area (Å²) in [5.74, 6) is -2.58. The summed E-state index contributed by atoms with van der Waals surface area (Å²) in [5.41, 5.74) is 0.138. The zero-order valence-electron chi connectivity index (χ0n) is 16.5. The first-order valence-corrected chi connectivity index (χ1v) is 10.9. The number of carbonyl (C=O) groups excluding carboxylic acids is 3. The van der Waals surface area contributed by atoms with Crippen molar-refractivity contribution in [1.82, 2.24) is 5.32 Å². The molecule has 10 heteroatoms. The van der Waals surface area contributed by atoms with E-state index in [-0.39, 0.29) is 35.2 Å². The molecule has 0 spiro atoms. The van der Waals surface area contributed by atoms with Gasteiger partial charge in [0.25, 0.3) is 5.91 Å². The van der Waals surface area contributed by atoms with Crippen LogP contribution in [0, 0.1) is 0 Å². The molecule has 9 nitrogen and oxygen atoms in total. The Morgan fingerprint density at radius 3 is 2.50 bits per heavy atom. The van der Waals surface area contributed by atoms with Crippen molar-refractivity contribution < 1.29 is 36.7 Å². The topological polar surface area (TPSA) is 129 Å². The van der Waals surface area contributed by atoms with Crippen molar-refractivity contribution in [2.45, 2.75) is 30.4 Å². The van der Waals surface area contributed by atoms with E-state index in [9.17, 15) is 22.8 Å². The van der Waals surface area contributed by atoms with Gasteiger partial charge in [0.2, 0.25) is 5.76 Å². The molecule has 2 rings (SSSR count). The van der Waals surface area contributed by atoms with Gasteiger partial charge in [-0.25, -0.2) is 13.2 Å². The summed E-state index contributed by atoms with van der Waals surface area (Å²) in [5, 5.41) is 2.50. The summed E-state index contributed by atoms with van der Waals surface area (Å²) in [6.45, 7) is 1.65. The van der Waals surface area contributed by atoms with Crippen molar-refractivity contribution in [2.75, 3.05) is 19.8 Å². The first-order valence-electron chi connectivity index (χ1n) is 9.27. The largest absolute Gasteiger partial charge is 0.466 e. The molecule has 0 aliphatic rings. The molecular weight excluding hydrogens is 414 g/mol. The minimum absolute atomic E-state index is 0.118. The molecule has 1 N–H and O–H groups in total. The first-order chi connectivity index (χ1) is 14.3. The molecule has 162 valence electrons. The van der Waals surface area contributed by atoms with Gasteiger partial charge in [0.1, 0.15) is 0 Å². The number of rotatable bonds is 11. The minimum atomic E-state index is -3.68. The number of hydrogen-bond acceptors (Lipinski definition) is 8. The fourth-order valence-electron chi connectivity index (χ4n) is 2.49. The standard InChI is InChI=1S/C20H23NO8S/c1-2-27-18(23)9-6-11-21-17(22)13-29-20(24)19-15(10-12-28-19)14-30(25,26)16-7-4-3-5-8-16/h3-5,7-8,10,12H,2,6,9,11,13-14H2,1H3,(H,21,22). The van der Waals surface area contributed by atoms with Gasteiger partial charge in [-0.3, -0.25) is 9.59 Å². The summed E-state index contributed by atoms with van der Waals surface area (Å²) < 4.78 is 39.7. The monoisotopic (exact) mass is 437 g/mol. The number of nitrogens with one attached hydrogen (secondary N) is 1. The average Bonchev–Trinajstić information content (AvgIpc) is 3.18. The van der Waals surface area contributed by atoms with Crippen molar-refractivity contribution in [3.8, 4) is 0 Å². The maximum atomic E-state index is 12.5. The van der Waals surface area contributed by atoms with Crippen LogP contribution in [0.15, 0.2) is 52.0 Å². The van der Waals surface area contributed by atoms with Crippen LogP contribution in [-0.4, -0.2) is 46.0 Å². The van der Waals surface area contributed by atoms with Crippen molar-refractivity contribution in [3.63, 3.8) is 0 Å². The van der Waals surface area contributed by atoms with E-state index < -0.39 is 34.1 Å². The lowest BCUT2D eigenvalue weighted by molar-refractivity contribution is -0.143. The van der Waals surface area contributed by atoms with Crippen LogP contribution in [0.25, 0.3) is 0 Å². The molecule has 0 unspecified atom stereocenters. The van der Waals surface area contributed by atoms with Gasteiger partial charge in [-0.2, -0.15) is 0 Å². The molecule has 1 aromatic heterocycles. The molecule has 30 heavy (non-hydrogen) atoms. The Bertz CT molecular complexity index is 966. The van der Waals surface area contributed by atoms with Crippen molar-refractivity contribution in [2.24, 2.45) is 0 Å². The smallest absolute Gasteiger partial charge is 0.375 e. The Balaban J connectivity index is 1.84. The molecule has 0 saturated carbocycles. The lowest BCUT2D eigenvalue weighted by Gasteiger charge is -2.07. The quantitative estimate of drug-likeness (QED) is 0.417. The predicted octanol–water partition coefficient (Wildman–Crippen LogP) is 1.87. The zero-order chi connectivity index (χ0) is 22.0. The van der Waals surface area contributed by atoms with Gasteiger partial charge < -0.3 is 19.2 Å². The SMILES string of the molecule is CCOC(=O)CCCNC(=O)COC(=O)c1occc1CS(=O)(=O)c1ccccc1. The Labute approximate surface area is 174 Å². The third-order valence-electron chi connectivity index (χ3n) is 3.90. The van der Waals surface area contributed by atoms with Gasteiger partial charge in [-0.15, -0.1) is 0 Å². The van der Waals surface area contributed by atoms with E-state index in [2.05, 4.69) is 5.32 Å². The maximum Gasteiger partial charge on any atom is 0.375 e. The Morgan fingerprint density at radius 2 is 1.80 bits per heavy atom. The highest BCUT2D eigenvalue weighted by atomic mass is 32.2. The van der Waals surface area contributed by atoms with E-state index in [4.69, 9.17) is 13.9 Å². The average molecular weight is 437 g/mol. The van der Waals surface area contributed by atoms with Crippen molar-refractivity contribution in [1.29, 1.82) is 0 Å². The molecule has 1 amide bonds. The Kier molecular flexibility index (Phi) is 8.60. The van der Waals surface area contributed by atoms with Crippen LogP contribution in [0.2, 0.25) is 0 Å². The Morgan fingerprint density at radius 1 is 1.07 bits per heavy atom. The third-order valence-corrected chi connectivity index (χ3v) is 5.58. The van der Waals surface area contributed by atoms with Gasteiger partial charge in [0.05, 0.1) is 23.5 Å². The van der Waals surface area contributed by atoms with Crippen LogP contribution in [0.4, 0.5) is 0 Å². The summed E-state index contributed by atoms with van der Waals surface area (Å²) >= 11 is 0. The molecule has 1 heterocycles. The molecule has 0 aliphatic heterocycles. The number of sulfone groups is 1. The van der Waals surface area contributed by atoms with Crippen molar-refractivity contribution in [3.05, 3.63) is 54.0 Å². The van der Waals surface area contributed by atoms with E-state index in [0.29, 0.717) is 13.0 Å². The number of benzene rings is 1. The summed E-state index contributed by atoms with van der Waals surface area (Å²) in [7, 11) is -3.68. The van der Waals surface area contributed by atoms with Gasteiger partial charge in [0, 0.05) is 18.5 Å². The summed E-state index contributed by atoms with van der Waals surface area (Å²) in [6.07, 6.45) is 1.74. The second-order valence-electron chi connectivity index (χ2n) is 6.18. The third kappa shape index (κ3) is 7.03. The van der Waals surface area contributed by atoms with Crippen LogP contribution in [0.5, 0.6) is 0 Å². The molecule has 0 fully saturated rings. The summed E-state index contributed by atoms with van der Waals surface area (Å²) in [6, 6.07) is 9.18. The number of esters is 2. The highest BCUT2D eigenvalue weighted by Crippen LogP contribution is 2.20. The molecule has 1 aromatic carbocycles. The molecule has 0 radical (unpaired) electrons. The molecule has 0 saturated heterocycles. The number of ether oxygens (including phenoxy) is 2. The predicted molar refractivity (Wildman–Crippen MR) is 105 cm³/mol. The highest BCUT2D eigenvalue weighted by molar-refractivity contribution is 7.90. The van der Waals surface area contributed by atoms with Gasteiger partial charge in [0.15, 0.2) is 16.4 Å². The molecule has 0 bridgehead atoms. The first kappa shape index (κ1) is 23.1. The molecule has 0 atom stereocenters. The van der Waals surface area contributed by atoms with Gasteiger partial charge >= 0.3 is 11.9 Å². The molecule has 2 aromatic rings. The lowest BCUT2D eigenvalue weighted by Crippen LogP contribution is -2.30. The van der Waals surface area contributed by atoms with E-state index >= 15 is 0 Å². The molecular formula is C20H23NO8S. The number of furan rings is 1. The van der Waals surface area contributed by atoms with E-state index in [1.807, 2.05) is 0 Å². The number of carbonyl (C=O) groups is 3. The van der Waals surface area contributed by atoms with E-state index in [1.165, 1.54) is 24.5 Å². The van der Waals surface area contributed by atoms with E-state index in [0.717, 1.165) is 0 Å². The Hall–Kier alpha value is -3.14. The second kappa shape index (κ2) is 11.1. The molecule has 0 aliphatic carbocycles. The van der Waals surface area contributed by atoms with Crippen LogP contribution in [0.1, 0.15) is 35.9 Å². The highest BCUT2D eigenvalue weighted by Gasteiger charge is 2.23. The van der Waals surface area contributed by atoms with Gasteiger partial charge in [-0.05, 0) is 31.5 Å². The second-order valence-corrected chi connectivity index (χ2v) is 8.17. The van der Waals surface area contributed by atoms with Crippen molar-refractivity contribution >= 4 is 27.7 Å². The number of amides is 1. The van der Waals surface area contributed by atoms with Gasteiger partial charge in [-0.1, -0.05) is 18.2 Å². The van der Waals surface area contributed by atoms with Crippen LogP contribution >= 0.6 is 0 Å². The van der Waals surface area contributed by atoms with E-state index in [1.54, 1.807) is 25.1 Å². The maximum absolute atomic E-state index is 12.5. The fraction of sp³-hybridized carbons (Fsp3) is 0.350. The lowest BCUT2D eigenvalue weighted by atomic mass is 10.3. The minimum Gasteiger partial charge on any atom is -0.466 e. The summed E-state index contributed by atoms with van der Waals surface area (Å²) in [4.78, 5) is 35.3. The fourth-order valence-corrected chi connectivity index (χ4v) is 3.86. The van der Waals surface area contributed by atoms with Crippen LogP contribution in [-0.2, 0) is 34.7 Å². The number of hydrogen-bond donors (Lipinski definition) is 1. The zero-order valence-corrected chi connectivity index (χ0v) is 17.3. The van der Waals surface area contributed by atoms with Crippen LogP contribution in [0.3, 0.4) is 0 Å². The van der Waals surface area contributed by atoms with Crippen LogP contribution < -0.4 is 5.32 Å². The normalized spacial score (nSPS) is 11.0.